The number of carbonyl (C=O) groups excluding carboxylic acids is 2. The van der Waals surface area contributed by atoms with Crippen LogP contribution in [0.2, 0.25) is 0 Å². The van der Waals surface area contributed by atoms with Gasteiger partial charge in [-0.25, -0.2) is 4.98 Å². The number of amides is 2. The first-order valence-corrected chi connectivity index (χ1v) is 8.56. The first kappa shape index (κ1) is 18.0. The molecule has 0 bridgehead atoms. The molecule has 0 unspecified atom stereocenters. The van der Waals surface area contributed by atoms with E-state index in [2.05, 4.69) is 11.9 Å². The zero-order chi connectivity index (χ0) is 17.7. The highest BCUT2D eigenvalue weighted by Gasteiger charge is 2.25. The average molecular weight is 330 g/mol. The van der Waals surface area contributed by atoms with Gasteiger partial charge in [0, 0.05) is 32.9 Å². The summed E-state index contributed by atoms with van der Waals surface area (Å²) in [5.74, 6) is -0.0104. The molecule has 0 saturated heterocycles. The van der Waals surface area contributed by atoms with E-state index in [1.54, 1.807) is 27.4 Å². The fourth-order valence-electron chi connectivity index (χ4n) is 2.68. The third-order valence-electron chi connectivity index (χ3n) is 4.19. The number of nitrogens with zero attached hydrogens (tertiary/aromatic N) is 4. The minimum Gasteiger partial charge on any atom is -0.340 e. The van der Waals surface area contributed by atoms with E-state index in [-0.39, 0.29) is 11.8 Å². The van der Waals surface area contributed by atoms with Crippen molar-refractivity contribution in [3.63, 3.8) is 0 Å². The molecule has 2 amide bonds. The third-order valence-corrected chi connectivity index (χ3v) is 4.19. The Bertz CT molecular complexity index is 719. The van der Waals surface area contributed by atoms with E-state index in [0.717, 1.165) is 12.8 Å². The van der Waals surface area contributed by atoms with Gasteiger partial charge in [-0.05, 0) is 32.4 Å². The van der Waals surface area contributed by atoms with E-state index in [9.17, 15) is 9.59 Å². The van der Waals surface area contributed by atoms with E-state index in [1.165, 1.54) is 0 Å². The van der Waals surface area contributed by atoms with Crippen LogP contribution < -0.4 is 0 Å². The van der Waals surface area contributed by atoms with Crippen LogP contribution in [0.1, 0.15) is 54.7 Å². The molecule has 0 saturated carbocycles. The van der Waals surface area contributed by atoms with Crippen LogP contribution >= 0.6 is 0 Å². The molecule has 6 heteroatoms. The summed E-state index contributed by atoms with van der Waals surface area (Å²) >= 11 is 0. The molecule has 2 aromatic heterocycles. The van der Waals surface area contributed by atoms with Gasteiger partial charge in [0.1, 0.15) is 0 Å². The fraction of sp³-hybridized carbons (Fsp3) is 0.500. The number of rotatable bonds is 7. The van der Waals surface area contributed by atoms with Crippen LogP contribution in [-0.4, -0.2) is 57.7 Å². The monoisotopic (exact) mass is 330 g/mol. The van der Waals surface area contributed by atoms with Gasteiger partial charge in [-0.2, -0.15) is 0 Å². The average Bonchev–Trinajstić information content (AvgIpc) is 2.99. The number of imidazole rings is 1. The van der Waals surface area contributed by atoms with Gasteiger partial charge in [-0.15, -0.1) is 0 Å². The molecule has 0 aromatic carbocycles. The first-order valence-electron chi connectivity index (χ1n) is 8.56. The van der Waals surface area contributed by atoms with Gasteiger partial charge in [0.2, 0.25) is 5.82 Å². The van der Waals surface area contributed by atoms with Crippen molar-refractivity contribution < 1.29 is 9.59 Å². The van der Waals surface area contributed by atoms with Crippen LogP contribution in [0, 0.1) is 0 Å². The minimum absolute atomic E-state index is 0.147. The van der Waals surface area contributed by atoms with Crippen LogP contribution in [-0.2, 0) is 0 Å². The SMILES string of the molecule is CCCCN(C)C(=O)c1nc(C(=O)N(CC)CC)n2ccccc12. The molecule has 0 fully saturated rings. The first-order chi connectivity index (χ1) is 11.5. The van der Waals surface area contributed by atoms with Crippen molar-refractivity contribution in [2.45, 2.75) is 33.6 Å². The Balaban J connectivity index is 2.46. The molecular formula is C18H26N4O2. The summed E-state index contributed by atoms with van der Waals surface area (Å²) in [6, 6.07) is 5.52. The normalized spacial score (nSPS) is 10.8. The lowest BCUT2D eigenvalue weighted by molar-refractivity contribution is 0.0759. The van der Waals surface area contributed by atoms with E-state index in [4.69, 9.17) is 0 Å². The van der Waals surface area contributed by atoms with Crippen LogP contribution in [0.3, 0.4) is 0 Å². The van der Waals surface area contributed by atoms with Gasteiger partial charge >= 0.3 is 0 Å². The molecule has 24 heavy (non-hydrogen) atoms. The second-order valence-corrected chi connectivity index (χ2v) is 5.80. The van der Waals surface area contributed by atoms with Gasteiger partial charge in [-0.1, -0.05) is 19.4 Å². The lowest BCUT2D eigenvalue weighted by atomic mass is 10.2. The van der Waals surface area contributed by atoms with Crippen LogP contribution in [0.5, 0.6) is 0 Å². The Labute approximate surface area is 143 Å². The molecule has 6 nitrogen and oxygen atoms in total. The maximum atomic E-state index is 12.7. The molecule has 2 heterocycles. The number of hydrogen-bond donors (Lipinski definition) is 0. The summed E-state index contributed by atoms with van der Waals surface area (Å²) in [4.78, 5) is 33.2. The van der Waals surface area contributed by atoms with Crippen LogP contribution in [0.15, 0.2) is 24.4 Å². The van der Waals surface area contributed by atoms with Crippen molar-refractivity contribution in [1.82, 2.24) is 19.2 Å². The van der Waals surface area contributed by atoms with E-state index < -0.39 is 0 Å². The standard InChI is InChI=1S/C18H26N4O2/c1-5-8-12-20(4)17(23)15-14-11-9-10-13-22(14)16(19-15)18(24)21(6-2)7-3/h9-11,13H,5-8,12H2,1-4H3. The number of carbonyl (C=O) groups is 2. The predicted octanol–water partition coefficient (Wildman–Crippen LogP) is 2.69. The van der Waals surface area contributed by atoms with Gasteiger partial charge in [0.05, 0.1) is 5.52 Å². The molecule has 0 aliphatic rings. The quantitative estimate of drug-likeness (QED) is 0.784. The van der Waals surface area contributed by atoms with E-state index in [1.807, 2.05) is 32.0 Å². The molecule has 2 rings (SSSR count). The number of aromatic nitrogens is 2. The summed E-state index contributed by atoms with van der Waals surface area (Å²) in [6.45, 7) is 7.85. The molecule has 0 radical (unpaired) electrons. The zero-order valence-electron chi connectivity index (χ0n) is 15.0. The van der Waals surface area contributed by atoms with Crippen molar-refractivity contribution in [2.24, 2.45) is 0 Å². The maximum absolute atomic E-state index is 12.7. The smallest absolute Gasteiger partial charge is 0.290 e. The third kappa shape index (κ3) is 3.42. The van der Waals surface area contributed by atoms with Gasteiger partial charge in [-0.3, -0.25) is 14.0 Å². The van der Waals surface area contributed by atoms with Gasteiger partial charge in [0.15, 0.2) is 5.69 Å². The number of pyridine rings is 1. The molecule has 0 atom stereocenters. The van der Waals surface area contributed by atoms with Crippen molar-refractivity contribution in [2.75, 3.05) is 26.7 Å². The van der Waals surface area contributed by atoms with Crippen molar-refractivity contribution in [3.05, 3.63) is 35.9 Å². The highest BCUT2D eigenvalue weighted by atomic mass is 16.2. The Kier molecular flexibility index (Phi) is 5.95. The van der Waals surface area contributed by atoms with Gasteiger partial charge < -0.3 is 9.80 Å². The Morgan fingerprint density at radius 1 is 1.12 bits per heavy atom. The summed E-state index contributed by atoms with van der Waals surface area (Å²) < 4.78 is 1.71. The fourth-order valence-corrected chi connectivity index (χ4v) is 2.68. The van der Waals surface area contributed by atoms with Crippen molar-refractivity contribution in [1.29, 1.82) is 0 Å². The van der Waals surface area contributed by atoms with Crippen LogP contribution in [0.25, 0.3) is 5.52 Å². The lowest BCUT2D eigenvalue weighted by Gasteiger charge is -2.17. The van der Waals surface area contributed by atoms with E-state index >= 15 is 0 Å². The molecule has 0 spiro atoms. The Morgan fingerprint density at radius 3 is 2.46 bits per heavy atom. The molecule has 0 aliphatic heterocycles. The van der Waals surface area contributed by atoms with E-state index in [0.29, 0.717) is 36.7 Å². The molecule has 130 valence electrons. The predicted molar refractivity (Wildman–Crippen MR) is 94.3 cm³/mol. The molecule has 2 aromatic rings. The number of unbranched alkanes of at least 4 members (excludes halogenated alkanes) is 1. The maximum Gasteiger partial charge on any atom is 0.290 e. The zero-order valence-corrected chi connectivity index (χ0v) is 15.0. The molecule has 0 N–H and O–H groups in total. The topological polar surface area (TPSA) is 57.9 Å². The van der Waals surface area contributed by atoms with Crippen LogP contribution in [0.4, 0.5) is 0 Å². The summed E-state index contributed by atoms with van der Waals surface area (Å²) in [7, 11) is 1.78. The number of fused-ring (bicyclic) bond motifs is 1. The highest BCUT2D eigenvalue weighted by Crippen LogP contribution is 2.16. The second kappa shape index (κ2) is 7.95. The number of hydrogen-bond acceptors (Lipinski definition) is 3. The highest BCUT2D eigenvalue weighted by molar-refractivity contribution is 6.02. The van der Waals surface area contributed by atoms with Crippen molar-refractivity contribution in [3.8, 4) is 0 Å². The largest absolute Gasteiger partial charge is 0.340 e. The summed E-state index contributed by atoms with van der Waals surface area (Å²) in [5, 5.41) is 0. The minimum atomic E-state index is -0.156. The van der Waals surface area contributed by atoms with Gasteiger partial charge in [0.25, 0.3) is 11.8 Å². The lowest BCUT2D eigenvalue weighted by Crippen LogP contribution is -2.32. The summed E-state index contributed by atoms with van der Waals surface area (Å²) in [6.07, 6.45) is 3.74. The van der Waals surface area contributed by atoms with Crippen molar-refractivity contribution >= 4 is 17.3 Å². The summed E-state index contributed by atoms with van der Waals surface area (Å²) in [5.41, 5.74) is 1.01. The molecule has 0 aliphatic carbocycles. The second-order valence-electron chi connectivity index (χ2n) is 5.80. The molecular weight excluding hydrogens is 304 g/mol. The Hall–Kier alpha value is -2.37. The Morgan fingerprint density at radius 2 is 1.83 bits per heavy atom.